The van der Waals surface area contributed by atoms with Gasteiger partial charge in [0.05, 0.1) is 35.0 Å². The summed E-state index contributed by atoms with van der Waals surface area (Å²) in [6.45, 7) is 1.69. The molecule has 39 heavy (non-hydrogen) atoms. The lowest BCUT2D eigenvalue weighted by atomic mass is 9.92. The molecule has 8 nitrogen and oxygen atoms in total. The molecular weight excluding hydrogens is 559 g/mol. The number of carbonyl (C=O) groups is 1. The monoisotopic (exact) mass is 585 g/mol. The maximum absolute atomic E-state index is 13.2. The van der Waals surface area contributed by atoms with E-state index in [4.69, 9.17) is 15.8 Å². The minimum atomic E-state index is -4.63. The highest BCUT2D eigenvalue weighted by Gasteiger charge is 2.31. The summed E-state index contributed by atoms with van der Waals surface area (Å²) in [6, 6.07) is 12.1. The van der Waals surface area contributed by atoms with Gasteiger partial charge in [-0.3, -0.25) is 9.36 Å². The van der Waals surface area contributed by atoms with Gasteiger partial charge in [0.1, 0.15) is 17.3 Å². The lowest BCUT2D eigenvalue weighted by Gasteiger charge is -2.28. The average Bonchev–Trinajstić information content (AvgIpc) is 3.21. The number of amides is 1. The highest BCUT2D eigenvalue weighted by Crippen LogP contribution is 2.32. The maximum atomic E-state index is 13.2. The normalized spacial score (nSPS) is 18.1. The van der Waals surface area contributed by atoms with Gasteiger partial charge in [-0.25, -0.2) is 4.98 Å². The van der Waals surface area contributed by atoms with Crippen LogP contribution in [0.5, 0.6) is 5.75 Å². The molecule has 210 valence electrons. The Morgan fingerprint density at radius 2 is 1.82 bits per heavy atom. The number of benzene rings is 2. The van der Waals surface area contributed by atoms with E-state index in [1.54, 1.807) is 35.8 Å². The Bertz CT molecular complexity index is 1440. The Labute approximate surface area is 228 Å². The van der Waals surface area contributed by atoms with Crippen molar-refractivity contribution in [2.24, 2.45) is 0 Å². The third-order valence-electron chi connectivity index (χ3n) is 6.44. The second kappa shape index (κ2) is 11.6. The number of aliphatic hydroxyl groups is 1. The van der Waals surface area contributed by atoms with Crippen molar-refractivity contribution in [3.05, 3.63) is 64.9 Å². The predicted octanol–water partition coefficient (Wildman–Crippen LogP) is 5.20. The molecule has 0 aliphatic heterocycles. The van der Waals surface area contributed by atoms with Gasteiger partial charge in [0.2, 0.25) is 0 Å². The van der Waals surface area contributed by atoms with Crippen LogP contribution in [0.1, 0.15) is 48.3 Å². The van der Waals surface area contributed by atoms with Crippen molar-refractivity contribution in [3.63, 3.8) is 0 Å². The van der Waals surface area contributed by atoms with Crippen LogP contribution in [0, 0.1) is 6.92 Å². The lowest BCUT2D eigenvalue weighted by molar-refractivity contribution is -0.130. The topological polar surface area (TPSA) is 111 Å². The summed E-state index contributed by atoms with van der Waals surface area (Å²) in [4.78, 5) is 17.8. The number of carbonyl (C=O) groups excluding carboxylic acids is 1. The van der Waals surface area contributed by atoms with Crippen LogP contribution in [0.3, 0.4) is 0 Å². The first kappa shape index (κ1) is 28.9. The van der Waals surface area contributed by atoms with E-state index in [1.807, 2.05) is 0 Å². The van der Waals surface area contributed by atoms with Crippen molar-refractivity contribution in [2.75, 3.05) is 5.75 Å². The predicted molar refractivity (Wildman–Crippen MR) is 140 cm³/mol. The molecule has 1 aliphatic carbocycles. The first-order valence-electron chi connectivity index (χ1n) is 12.3. The molecule has 1 aromatic heterocycles. The molecule has 2 N–H and O–H groups in total. The van der Waals surface area contributed by atoms with Gasteiger partial charge < -0.3 is 14.6 Å². The fourth-order valence-electron chi connectivity index (χ4n) is 4.45. The molecule has 0 bridgehead atoms. The Hall–Kier alpha value is -3.09. The van der Waals surface area contributed by atoms with Gasteiger partial charge in [-0.1, -0.05) is 36.6 Å². The van der Waals surface area contributed by atoms with Gasteiger partial charge in [-0.15, -0.1) is 0 Å². The summed E-state index contributed by atoms with van der Waals surface area (Å²) in [6.07, 6.45) is -3.77. The summed E-state index contributed by atoms with van der Waals surface area (Å²) in [5.74, 6) is -1.48. The Kier molecular flexibility index (Phi) is 8.57. The summed E-state index contributed by atoms with van der Waals surface area (Å²) < 4.78 is 67.8. The third kappa shape index (κ3) is 7.11. The van der Waals surface area contributed by atoms with Crippen LogP contribution in [0.25, 0.3) is 17.1 Å². The van der Waals surface area contributed by atoms with Gasteiger partial charge >= 0.3 is 16.3 Å². The van der Waals surface area contributed by atoms with E-state index < -0.39 is 46.5 Å². The average molecular weight is 586 g/mol. The first-order chi connectivity index (χ1) is 18.3. The van der Waals surface area contributed by atoms with Crippen LogP contribution < -0.4 is 9.50 Å². The van der Waals surface area contributed by atoms with Crippen LogP contribution in [0.2, 0.25) is 5.02 Å². The molecule has 0 saturated heterocycles. The first-order valence-corrected chi connectivity index (χ1v) is 14.2. The van der Waals surface area contributed by atoms with E-state index in [2.05, 4.69) is 10.3 Å². The van der Waals surface area contributed by atoms with Crippen molar-refractivity contribution in [3.8, 4) is 22.8 Å². The zero-order valence-electron chi connectivity index (χ0n) is 20.9. The fraction of sp³-hybridized carbons (Fsp3) is 0.385. The summed E-state index contributed by atoms with van der Waals surface area (Å²) in [5, 5.41) is 13.6. The van der Waals surface area contributed by atoms with E-state index in [9.17, 15) is 31.5 Å². The van der Waals surface area contributed by atoms with Crippen molar-refractivity contribution in [1.82, 2.24) is 14.9 Å². The summed E-state index contributed by atoms with van der Waals surface area (Å²) in [7, 11) is -4.47. The van der Waals surface area contributed by atoms with Crippen LogP contribution in [0.15, 0.2) is 48.5 Å². The fourth-order valence-corrected chi connectivity index (χ4v) is 5.64. The van der Waals surface area contributed by atoms with E-state index in [-0.39, 0.29) is 11.4 Å². The van der Waals surface area contributed by atoms with Crippen molar-refractivity contribution >= 4 is 27.6 Å². The molecule has 3 aromatic rings. The molecule has 0 unspecified atom stereocenters. The summed E-state index contributed by atoms with van der Waals surface area (Å²) in [5.41, 5.74) is 1.60. The molecular formula is C26H27ClF3N3O5S. The molecule has 1 fully saturated rings. The smallest absolute Gasteiger partial charge is 0.390 e. The second-order valence-electron chi connectivity index (χ2n) is 9.32. The van der Waals surface area contributed by atoms with E-state index >= 15 is 0 Å². The van der Waals surface area contributed by atoms with Crippen LogP contribution >= 0.6 is 11.6 Å². The Morgan fingerprint density at radius 3 is 2.46 bits per heavy atom. The number of hydrogen-bond donors (Lipinski definition) is 2. The van der Waals surface area contributed by atoms with Crippen molar-refractivity contribution in [1.29, 1.82) is 0 Å². The number of rotatable bonds is 8. The largest absolute Gasteiger partial charge is 0.391 e. The maximum Gasteiger partial charge on any atom is 0.390 e. The Balaban J connectivity index is 1.67. The van der Waals surface area contributed by atoms with Gasteiger partial charge in [-0.05, 0) is 56.2 Å². The zero-order chi connectivity index (χ0) is 28.4. The van der Waals surface area contributed by atoms with Gasteiger partial charge in [-0.2, -0.15) is 21.6 Å². The number of imidazole rings is 1. The SMILES string of the molecule is Cc1c(C(=O)N[C@@H]2CCCC[C@@H]2O)nc(-c2ccccc2Cl)n1-c1ccc(OS(=O)(=O)CCC(F)(F)F)cc1. The third-order valence-corrected chi connectivity index (χ3v) is 7.92. The molecule has 2 atom stereocenters. The number of nitrogens with zero attached hydrogens (tertiary/aromatic N) is 2. The molecule has 13 heteroatoms. The number of aliphatic hydroxyl groups excluding tert-OH is 1. The van der Waals surface area contributed by atoms with Gasteiger partial charge in [0, 0.05) is 11.3 Å². The molecule has 1 saturated carbocycles. The molecule has 1 aliphatic rings. The highest BCUT2D eigenvalue weighted by molar-refractivity contribution is 7.87. The summed E-state index contributed by atoms with van der Waals surface area (Å²) >= 11 is 6.44. The lowest BCUT2D eigenvalue weighted by Crippen LogP contribution is -2.45. The van der Waals surface area contributed by atoms with E-state index in [0.717, 1.165) is 12.8 Å². The van der Waals surface area contributed by atoms with E-state index in [0.29, 0.717) is 40.6 Å². The number of alkyl halides is 3. The van der Waals surface area contributed by atoms with Crippen LogP contribution in [-0.4, -0.2) is 53.1 Å². The Morgan fingerprint density at radius 1 is 1.15 bits per heavy atom. The molecule has 4 rings (SSSR count). The number of halogens is 4. The van der Waals surface area contributed by atoms with E-state index in [1.165, 1.54) is 24.3 Å². The number of hydrogen-bond acceptors (Lipinski definition) is 6. The van der Waals surface area contributed by atoms with Gasteiger partial charge in [0.25, 0.3) is 5.91 Å². The minimum absolute atomic E-state index is 0.123. The molecule has 1 amide bonds. The van der Waals surface area contributed by atoms with Crippen LogP contribution in [0.4, 0.5) is 13.2 Å². The standard InChI is InChI=1S/C26H27ClF3N3O5S/c1-16-23(25(35)31-21-8-4-5-9-22(21)34)32-24(19-6-2-3-7-20(19)27)33(16)17-10-12-18(13-11-17)38-39(36,37)15-14-26(28,29)30/h2-3,6-7,10-13,21-22,34H,4-5,8-9,14-15H2,1H3,(H,31,35)/t21-,22+/m1/s1. The number of nitrogens with one attached hydrogen (secondary N) is 1. The minimum Gasteiger partial charge on any atom is -0.391 e. The van der Waals surface area contributed by atoms with Crippen molar-refractivity contribution < 1.29 is 35.7 Å². The quantitative estimate of drug-likeness (QED) is 0.352. The molecule has 2 aromatic carbocycles. The van der Waals surface area contributed by atoms with Crippen molar-refractivity contribution in [2.45, 2.75) is 57.3 Å². The molecule has 0 spiro atoms. The number of aromatic nitrogens is 2. The van der Waals surface area contributed by atoms with Crippen LogP contribution in [-0.2, 0) is 10.1 Å². The highest BCUT2D eigenvalue weighted by atomic mass is 35.5. The second-order valence-corrected chi connectivity index (χ2v) is 11.4. The molecule has 1 heterocycles. The zero-order valence-corrected chi connectivity index (χ0v) is 22.5. The van der Waals surface area contributed by atoms with Gasteiger partial charge in [0.15, 0.2) is 0 Å². The molecule has 0 radical (unpaired) electrons.